The summed E-state index contributed by atoms with van der Waals surface area (Å²) in [5, 5.41) is 1.77. The number of hydrogen-bond acceptors (Lipinski definition) is 2. The Morgan fingerprint density at radius 3 is 2.40 bits per heavy atom. The van der Waals surface area contributed by atoms with Crippen LogP contribution in [0.3, 0.4) is 0 Å². The maximum absolute atomic E-state index is 13.9. The third-order valence-corrected chi connectivity index (χ3v) is 4.62. The van der Waals surface area contributed by atoms with Gasteiger partial charge in [0.05, 0.1) is 6.42 Å². The Bertz CT molecular complexity index is 1200. The van der Waals surface area contributed by atoms with Crippen LogP contribution in [0.2, 0.25) is 0 Å². The van der Waals surface area contributed by atoms with Gasteiger partial charge in [-0.05, 0) is 30.7 Å². The van der Waals surface area contributed by atoms with Crippen LogP contribution in [0.1, 0.15) is 22.3 Å². The molecular weight excluding hydrogens is 414 g/mol. The van der Waals surface area contributed by atoms with Crippen molar-refractivity contribution in [2.24, 2.45) is 0 Å². The average Bonchev–Trinajstić information content (AvgIpc) is 2.64. The zero-order valence-electron chi connectivity index (χ0n) is 15.4. The Hall–Kier alpha value is -3.30. The largest absolute Gasteiger partial charge is 0.419 e. The van der Waals surface area contributed by atoms with Gasteiger partial charge in [-0.1, -0.05) is 6.07 Å². The summed E-state index contributed by atoms with van der Waals surface area (Å²) in [6.07, 6.45) is -5.64. The summed E-state index contributed by atoms with van der Waals surface area (Å²) in [5.74, 6) is -3.97. The number of alkyl halides is 3. The summed E-state index contributed by atoms with van der Waals surface area (Å²) in [6, 6.07) is 4.36. The molecule has 0 radical (unpaired) electrons. The number of rotatable bonds is 4. The van der Waals surface area contributed by atoms with Crippen molar-refractivity contribution < 1.29 is 31.1 Å². The minimum atomic E-state index is -5.02. The average molecular weight is 428 g/mol. The lowest BCUT2D eigenvalue weighted by molar-refractivity contribution is -0.138. The van der Waals surface area contributed by atoms with Crippen LogP contribution in [0, 0.1) is 24.4 Å². The van der Waals surface area contributed by atoms with Crippen LogP contribution in [-0.2, 0) is 23.9 Å². The van der Waals surface area contributed by atoms with E-state index in [0.717, 1.165) is 18.2 Å². The van der Waals surface area contributed by atoms with Crippen molar-refractivity contribution in [3.05, 3.63) is 80.4 Å². The van der Waals surface area contributed by atoms with Gasteiger partial charge in [-0.15, -0.1) is 0 Å². The molecule has 3 rings (SSSR count). The number of pyridine rings is 1. The summed E-state index contributed by atoms with van der Waals surface area (Å²) in [5.41, 5.74) is -3.05. The number of halogens is 6. The van der Waals surface area contributed by atoms with E-state index in [0.29, 0.717) is 12.1 Å². The van der Waals surface area contributed by atoms with Crippen molar-refractivity contribution in [2.75, 3.05) is 0 Å². The molecule has 0 atom stereocenters. The highest BCUT2D eigenvalue weighted by molar-refractivity contribution is 5.88. The lowest BCUT2D eigenvalue weighted by Crippen LogP contribution is -2.29. The molecule has 4 nitrogen and oxygen atoms in total. The highest BCUT2D eigenvalue weighted by atomic mass is 19.4. The van der Waals surface area contributed by atoms with E-state index in [1.54, 1.807) is 0 Å². The fraction of sp³-hybridized carbons (Fsp3) is 0.200. The molecule has 0 fully saturated rings. The normalized spacial score (nSPS) is 11.7. The van der Waals surface area contributed by atoms with E-state index < -0.39 is 52.5 Å². The van der Waals surface area contributed by atoms with Crippen molar-refractivity contribution >= 4 is 16.8 Å². The smallest absolute Gasteiger partial charge is 0.352 e. The van der Waals surface area contributed by atoms with E-state index in [1.807, 2.05) is 0 Å². The molecule has 0 spiro atoms. The molecule has 0 aliphatic carbocycles. The molecule has 0 aliphatic rings. The lowest BCUT2D eigenvalue weighted by atomic mass is 9.97. The van der Waals surface area contributed by atoms with Crippen LogP contribution >= 0.6 is 0 Å². The molecule has 1 aromatic heterocycles. The van der Waals surface area contributed by atoms with E-state index in [2.05, 4.69) is 10.3 Å². The van der Waals surface area contributed by atoms with Gasteiger partial charge in [0.25, 0.3) is 5.56 Å². The summed E-state index contributed by atoms with van der Waals surface area (Å²) < 4.78 is 80.5. The molecule has 0 unspecified atom stereocenters. The molecule has 0 aliphatic heterocycles. The number of H-pyrrole nitrogens is 1. The van der Waals surface area contributed by atoms with Gasteiger partial charge in [-0.25, -0.2) is 13.2 Å². The minimum Gasteiger partial charge on any atom is -0.352 e. The second-order valence-corrected chi connectivity index (χ2v) is 6.59. The summed E-state index contributed by atoms with van der Waals surface area (Å²) in [4.78, 5) is 26.7. The van der Waals surface area contributed by atoms with Gasteiger partial charge in [-0.2, -0.15) is 13.2 Å². The molecule has 0 saturated heterocycles. The van der Waals surface area contributed by atoms with E-state index >= 15 is 0 Å². The van der Waals surface area contributed by atoms with Crippen LogP contribution in [-0.4, -0.2) is 10.9 Å². The number of nitrogens with one attached hydrogen (secondary N) is 2. The first-order chi connectivity index (χ1) is 14.0. The van der Waals surface area contributed by atoms with Crippen LogP contribution in [0.25, 0.3) is 10.9 Å². The zero-order chi connectivity index (χ0) is 22.2. The van der Waals surface area contributed by atoms with Gasteiger partial charge >= 0.3 is 6.18 Å². The van der Waals surface area contributed by atoms with Crippen molar-refractivity contribution in [1.29, 1.82) is 0 Å². The Morgan fingerprint density at radius 1 is 1.07 bits per heavy atom. The number of aromatic nitrogens is 1. The first-order valence-corrected chi connectivity index (χ1v) is 8.61. The Kier molecular flexibility index (Phi) is 5.60. The van der Waals surface area contributed by atoms with Gasteiger partial charge < -0.3 is 10.3 Å². The standard InChI is InChI=1S/C20H14F6N2O2/c1-9-12(7-16(29)27-8-10-2-3-11(21)6-14(10)23)19(30)28-15-5-4-13(22)18(17(9)15)20(24,25)26/h2-6H,7-8H2,1H3,(H,27,29)(H,28,30). The second kappa shape index (κ2) is 7.85. The number of aryl methyl sites for hydroxylation is 1. The first kappa shape index (κ1) is 21.4. The van der Waals surface area contributed by atoms with E-state index in [9.17, 15) is 35.9 Å². The minimum absolute atomic E-state index is 0.0182. The third-order valence-electron chi connectivity index (χ3n) is 4.62. The molecule has 10 heteroatoms. The van der Waals surface area contributed by atoms with Crippen LogP contribution in [0.5, 0.6) is 0 Å². The molecule has 1 amide bonds. The van der Waals surface area contributed by atoms with Gasteiger partial charge in [0.15, 0.2) is 0 Å². The maximum atomic E-state index is 13.9. The predicted octanol–water partition coefficient (Wildman–Crippen LogP) is 4.13. The van der Waals surface area contributed by atoms with Gasteiger partial charge in [-0.3, -0.25) is 9.59 Å². The Labute approximate surface area is 165 Å². The van der Waals surface area contributed by atoms with Crippen molar-refractivity contribution in [2.45, 2.75) is 26.1 Å². The van der Waals surface area contributed by atoms with E-state index in [4.69, 9.17) is 0 Å². The molecular formula is C20H14F6N2O2. The fourth-order valence-corrected chi connectivity index (χ4v) is 3.16. The number of amides is 1. The van der Waals surface area contributed by atoms with Gasteiger partial charge in [0.2, 0.25) is 5.91 Å². The third kappa shape index (κ3) is 4.17. The van der Waals surface area contributed by atoms with Crippen molar-refractivity contribution in [3.8, 4) is 0 Å². The number of carbonyl (C=O) groups excluding carboxylic acids is 1. The topological polar surface area (TPSA) is 62.0 Å². The van der Waals surface area contributed by atoms with Crippen LogP contribution in [0.4, 0.5) is 26.3 Å². The van der Waals surface area contributed by atoms with Gasteiger partial charge in [0, 0.05) is 34.6 Å². The molecule has 3 aromatic rings. The molecule has 158 valence electrons. The number of benzene rings is 2. The quantitative estimate of drug-likeness (QED) is 0.614. The van der Waals surface area contributed by atoms with Crippen LogP contribution < -0.4 is 10.9 Å². The monoisotopic (exact) mass is 428 g/mol. The highest BCUT2D eigenvalue weighted by Crippen LogP contribution is 2.37. The summed E-state index contributed by atoms with van der Waals surface area (Å²) in [7, 11) is 0. The number of hydrogen-bond donors (Lipinski definition) is 2. The Balaban J connectivity index is 1.94. The van der Waals surface area contributed by atoms with Crippen LogP contribution in [0.15, 0.2) is 35.1 Å². The fourth-order valence-electron chi connectivity index (χ4n) is 3.16. The van der Waals surface area contributed by atoms with Crippen molar-refractivity contribution in [3.63, 3.8) is 0 Å². The number of fused-ring (bicyclic) bond motifs is 1. The van der Waals surface area contributed by atoms with Crippen molar-refractivity contribution in [1.82, 2.24) is 10.3 Å². The van der Waals surface area contributed by atoms with Gasteiger partial charge in [0.1, 0.15) is 23.0 Å². The number of carbonyl (C=O) groups is 1. The molecule has 1 heterocycles. The molecule has 2 aromatic carbocycles. The Morgan fingerprint density at radius 2 is 1.77 bits per heavy atom. The first-order valence-electron chi connectivity index (χ1n) is 8.61. The zero-order valence-corrected chi connectivity index (χ0v) is 15.4. The lowest BCUT2D eigenvalue weighted by Gasteiger charge is -2.15. The predicted molar refractivity (Wildman–Crippen MR) is 96.2 cm³/mol. The second-order valence-electron chi connectivity index (χ2n) is 6.59. The SMILES string of the molecule is Cc1c(CC(=O)NCc2ccc(F)cc2F)c(=O)[nH]c2ccc(F)c(C(F)(F)F)c12. The summed E-state index contributed by atoms with van der Waals surface area (Å²) in [6.45, 7) is 0.867. The molecule has 30 heavy (non-hydrogen) atoms. The van der Waals surface area contributed by atoms with E-state index in [-0.39, 0.29) is 28.8 Å². The van der Waals surface area contributed by atoms with E-state index in [1.165, 1.54) is 6.92 Å². The molecule has 0 saturated carbocycles. The molecule has 0 bridgehead atoms. The summed E-state index contributed by atoms with van der Waals surface area (Å²) >= 11 is 0. The highest BCUT2D eigenvalue weighted by Gasteiger charge is 2.37. The molecule has 2 N–H and O–H groups in total. The number of aromatic amines is 1. The maximum Gasteiger partial charge on any atom is 0.419 e.